The Kier molecular flexibility index (Phi) is 3.85. The maximum Gasteiger partial charge on any atom is 0.238 e. The van der Waals surface area contributed by atoms with Crippen molar-refractivity contribution in [3.63, 3.8) is 0 Å². The molecule has 0 saturated heterocycles. The highest BCUT2D eigenvalue weighted by atomic mass is 32.2. The summed E-state index contributed by atoms with van der Waals surface area (Å²) in [5, 5.41) is 5.77. The Morgan fingerprint density at radius 3 is 2.35 bits per heavy atom. The van der Waals surface area contributed by atoms with E-state index in [4.69, 9.17) is 14.6 Å². The fourth-order valence-corrected chi connectivity index (χ4v) is 2.54. The second-order valence-electron chi connectivity index (χ2n) is 4.68. The van der Waals surface area contributed by atoms with Gasteiger partial charge in [-0.3, -0.25) is 0 Å². The third-order valence-electron chi connectivity index (χ3n) is 3.17. The minimum atomic E-state index is -3.73. The first-order valence-electron chi connectivity index (χ1n) is 6.57. The SMILES string of the molecule is COc1ccc2c(Oc3ccc(S(N)(=O)=O)cc3)ncnc2c1. The smallest absolute Gasteiger partial charge is 0.238 e. The number of hydrogen-bond donors (Lipinski definition) is 1. The zero-order valence-electron chi connectivity index (χ0n) is 12.1. The van der Waals surface area contributed by atoms with E-state index in [1.807, 2.05) is 0 Å². The molecule has 23 heavy (non-hydrogen) atoms. The van der Waals surface area contributed by atoms with Gasteiger partial charge in [0.2, 0.25) is 15.9 Å². The van der Waals surface area contributed by atoms with Crippen LogP contribution in [-0.4, -0.2) is 25.5 Å². The zero-order chi connectivity index (χ0) is 16.4. The van der Waals surface area contributed by atoms with Gasteiger partial charge < -0.3 is 9.47 Å². The maximum absolute atomic E-state index is 11.2. The predicted molar refractivity (Wildman–Crippen MR) is 84.0 cm³/mol. The van der Waals surface area contributed by atoms with E-state index >= 15 is 0 Å². The van der Waals surface area contributed by atoms with E-state index in [1.165, 1.54) is 30.6 Å². The number of sulfonamides is 1. The normalized spacial score (nSPS) is 11.4. The van der Waals surface area contributed by atoms with Crippen LogP contribution >= 0.6 is 0 Å². The molecule has 0 unspecified atom stereocenters. The molecule has 8 heteroatoms. The largest absolute Gasteiger partial charge is 0.497 e. The number of fused-ring (bicyclic) bond motifs is 1. The number of nitrogens with zero attached hydrogens (tertiary/aromatic N) is 2. The van der Waals surface area contributed by atoms with Crippen LogP contribution in [0.2, 0.25) is 0 Å². The van der Waals surface area contributed by atoms with Crippen molar-refractivity contribution >= 4 is 20.9 Å². The Balaban J connectivity index is 1.95. The van der Waals surface area contributed by atoms with E-state index in [0.29, 0.717) is 28.3 Å². The molecule has 7 nitrogen and oxygen atoms in total. The molecule has 1 aromatic heterocycles. The summed E-state index contributed by atoms with van der Waals surface area (Å²) in [5.41, 5.74) is 0.676. The number of ether oxygens (including phenoxy) is 2. The molecular weight excluding hydrogens is 318 g/mol. The summed E-state index contributed by atoms with van der Waals surface area (Å²) in [6, 6.07) is 11.1. The Hall–Kier alpha value is -2.71. The molecule has 0 radical (unpaired) electrons. The van der Waals surface area contributed by atoms with Crippen LogP contribution < -0.4 is 14.6 Å². The molecule has 0 saturated carbocycles. The molecule has 3 rings (SSSR count). The molecule has 0 aliphatic carbocycles. The van der Waals surface area contributed by atoms with Gasteiger partial charge in [0.25, 0.3) is 0 Å². The third kappa shape index (κ3) is 3.22. The lowest BCUT2D eigenvalue weighted by molar-refractivity contribution is 0.415. The van der Waals surface area contributed by atoms with Crippen LogP contribution in [0.4, 0.5) is 0 Å². The van der Waals surface area contributed by atoms with Crippen LogP contribution in [0, 0.1) is 0 Å². The van der Waals surface area contributed by atoms with Crippen LogP contribution in [0.3, 0.4) is 0 Å². The van der Waals surface area contributed by atoms with Crippen molar-refractivity contribution in [1.82, 2.24) is 9.97 Å². The minimum absolute atomic E-state index is 0.0159. The van der Waals surface area contributed by atoms with E-state index in [0.717, 1.165) is 0 Å². The van der Waals surface area contributed by atoms with Crippen LogP contribution in [0.1, 0.15) is 0 Å². The molecule has 0 aliphatic rings. The molecule has 0 bridgehead atoms. The summed E-state index contributed by atoms with van der Waals surface area (Å²) < 4.78 is 33.3. The van der Waals surface area contributed by atoms with Crippen LogP contribution in [0.25, 0.3) is 10.9 Å². The Morgan fingerprint density at radius 2 is 1.70 bits per heavy atom. The predicted octanol–water partition coefficient (Wildman–Crippen LogP) is 2.08. The number of benzene rings is 2. The zero-order valence-corrected chi connectivity index (χ0v) is 12.9. The number of primary sulfonamides is 1. The molecule has 2 N–H and O–H groups in total. The second kappa shape index (κ2) is 5.82. The number of methoxy groups -OCH3 is 1. The van der Waals surface area contributed by atoms with Gasteiger partial charge in [-0.1, -0.05) is 0 Å². The molecule has 0 atom stereocenters. The molecule has 0 amide bonds. The average Bonchev–Trinajstić information content (AvgIpc) is 2.54. The van der Waals surface area contributed by atoms with Crippen molar-refractivity contribution < 1.29 is 17.9 Å². The minimum Gasteiger partial charge on any atom is -0.497 e. The van der Waals surface area contributed by atoms with Gasteiger partial charge in [-0.25, -0.2) is 23.5 Å². The first-order chi connectivity index (χ1) is 11.0. The first kappa shape index (κ1) is 15.2. The van der Waals surface area contributed by atoms with E-state index in [2.05, 4.69) is 9.97 Å². The highest BCUT2D eigenvalue weighted by Crippen LogP contribution is 2.29. The monoisotopic (exact) mass is 331 g/mol. The Labute approximate surface area is 132 Å². The standard InChI is InChI=1S/C15H13N3O4S/c1-21-11-4-7-13-14(8-11)17-9-18-15(13)22-10-2-5-12(6-3-10)23(16,19)20/h2-9H,1H3,(H2,16,19,20). The average molecular weight is 331 g/mol. The van der Waals surface area contributed by atoms with Gasteiger partial charge in [0.1, 0.15) is 17.8 Å². The van der Waals surface area contributed by atoms with Gasteiger partial charge in [-0.2, -0.15) is 0 Å². The maximum atomic E-state index is 11.2. The van der Waals surface area contributed by atoms with Gasteiger partial charge in [0.05, 0.1) is 22.9 Å². The van der Waals surface area contributed by atoms with Crippen molar-refractivity contribution in [3.8, 4) is 17.4 Å². The summed E-state index contributed by atoms with van der Waals surface area (Å²) in [5.74, 6) is 1.48. The highest BCUT2D eigenvalue weighted by Gasteiger charge is 2.10. The lowest BCUT2D eigenvalue weighted by Gasteiger charge is -2.08. The number of nitrogens with two attached hydrogens (primary N) is 1. The topological polar surface area (TPSA) is 104 Å². The van der Waals surface area contributed by atoms with Crippen molar-refractivity contribution in [1.29, 1.82) is 0 Å². The molecule has 0 fully saturated rings. The highest BCUT2D eigenvalue weighted by molar-refractivity contribution is 7.89. The van der Waals surface area contributed by atoms with Gasteiger partial charge >= 0.3 is 0 Å². The Bertz CT molecular complexity index is 956. The van der Waals surface area contributed by atoms with Gasteiger partial charge in [-0.05, 0) is 36.4 Å². The van der Waals surface area contributed by atoms with Crippen molar-refractivity contribution in [2.24, 2.45) is 5.14 Å². The van der Waals surface area contributed by atoms with E-state index in [1.54, 1.807) is 25.3 Å². The van der Waals surface area contributed by atoms with Crippen molar-refractivity contribution in [2.45, 2.75) is 4.90 Å². The fourth-order valence-electron chi connectivity index (χ4n) is 2.03. The van der Waals surface area contributed by atoms with Gasteiger partial charge in [-0.15, -0.1) is 0 Å². The molecule has 0 aliphatic heterocycles. The van der Waals surface area contributed by atoms with Gasteiger partial charge in [0, 0.05) is 6.07 Å². The molecular formula is C15H13N3O4S. The summed E-state index contributed by atoms with van der Waals surface area (Å²) in [7, 11) is -2.15. The van der Waals surface area contributed by atoms with E-state index in [-0.39, 0.29) is 4.90 Å². The Morgan fingerprint density at radius 1 is 1.00 bits per heavy atom. The van der Waals surface area contributed by atoms with Crippen molar-refractivity contribution in [3.05, 3.63) is 48.8 Å². The molecule has 0 spiro atoms. The lowest BCUT2D eigenvalue weighted by atomic mass is 10.2. The number of rotatable bonds is 4. The summed E-state index contributed by atoms with van der Waals surface area (Å²) in [4.78, 5) is 8.30. The summed E-state index contributed by atoms with van der Waals surface area (Å²) >= 11 is 0. The van der Waals surface area contributed by atoms with Crippen LogP contribution in [0.5, 0.6) is 17.4 Å². The van der Waals surface area contributed by atoms with E-state index < -0.39 is 10.0 Å². The summed E-state index contributed by atoms with van der Waals surface area (Å²) in [6.07, 6.45) is 1.38. The molecule has 3 aromatic rings. The molecule has 118 valence electrons. The summed E-state index contributed by atoms with van der Waals surface area (Å²) in [6.45, 7) is 0. The van der Waals surface area contributed by atoms with Crippen LogP contribution in [-0.2, 0) is 10.0 Å². The van der Waals surface area contributed by atoms with E-state index in [9.17, 15) is 8.42 Å². The second-order valence-corrected chi connectivity index (χ2v) is 6.24. The lowest BCUT2D eigenvalue weighted by Crippen LogP contribution is -2.11. The van der Waals surface area contributed by atoms with Crippen molar-refractivity contribution in [2.75, 3.05) is 7.11 Å². The number of hydrogen-bond acceptors (Lipinski definition) is 6. The van der Waals surface area contributed by atoms with Crippen LogP contribution in [0.15, 0.2) is 53.7 Å². The molecule has 1 heterocycles. The first-order valence-corrected chi connectivity index (χ1v) is 8.11. The van der Waals surface area contributed by atoms with Gasteiger partial charge in [0.15, 0.2) is 0 Å². The number of aromatic nitrogens is 2. The fraction of sp³-hybridized carbons (Fsp3) is 0.0667. The third-order valence-corrected chi connectivity index (χ3v) is 4.10. The molecule has 2 aromatic carbocycles. The quantitative estimate of drug-likeness (QED) is 0.785.